The molecule has 300 valence electrons. The molecule has 0 amide bonds. The van der Waals surface area contributed by atoms with Crippen LogP contribution in [0.25, 0.3) is 12.2 Å². The second-order valence-corrected chi connectivity index (χ2v) is 16.2. The normalized spacial score (nSPS) is 11.6. The van der Waals surface area contributed by atoms with Crippen molar-refractivity contribution in [1.82, 2.24) is 0 Å². The molecular weight excluding hydrogens is 813 g/mol. The van der Waals surface area contributed by atoms with Crippen LogP contribution in [0.4, 0.5) is 22.7 Å². The lowest BCUT2D eigenvalue weighted by atomic mass is 10.0. The van der Waals surface area contributed by atoms with Gasteiger partial charge in [-0.15, -0.1) is 0 Å². The summed E-state index contributed by atoms with van der Waals surface area (Å²) in [7, 11) is -8.49. The summed E-state index contributed by atoms with van der Waals surface area (Å²) < 4.78 is 58.1. The van der Waals surface area contributed by atoms with Crippen LogP contribution in [0.3, 0.4) is 0 Å². The maximum Gasteiger partial charge on any atom is 0.270 e. The van der Waals surface area contributed by atoms with Crippen molar-refractivity contribution in [2.45, 2.75) is 9.79 Å². The molecule has 0 aliphatic carbocycles. The van der Waals surface area contributed by atoms with Crippen molar-refractivity contribution in [1.29, 1.82) is 0 Å². The number of hydrogen-bond donors (Lipinski definition) is 2. The molecule has 0 bridgehead atoms. The first-order valence-corrected chi connectivity index (χ1v) is 20.5. The molecule has 60 heavy (non-hydrogen) atoms. The highest BCUT2D eigenvalue weighted by Crippen LogP contribution is 2.23. The van der Waals surface area contributed by atoms with Crippen LogP contribution in [0.2, 0.25) is 0 Å². The van der Waals surface area contributed by atoms with E-state index in [0.29, 0.717) is 11.1 Å². The first-order chi connectivity index (χ1) is 28.6. The lowest BCUT2D eigenvalue weighted by molar-refractivity contribution is -0.385. The molecule has 17 heteroatoms. The van der Waals surface area contributed by atoms with Crippen LogP contribution in [0, 0.1) is 20.2 Å². The van der Waals surface area contributed by atoms with E-state index in [4.69, 9.17) is 0 Å². The first-order valence-electron chi connectivity index (χ1n) is 17.5. The molecule has 15 nitrogen and oxygen atoms in total. The first kappa shape index (κ1) is 41.7. The van der Waals surface area contributed by atoms with Gasteiger partial charge < -0.3 is 0 Å². The average Bonchev–Trinajstić information content (AvgIpc) is 3.25. The van der Waals surface area contributed by atoms with Gasteiger partial charge in [0.25, 0.3) is 31.4 Å². The third-order valence-corrected chi connectivity index (χ3v) is 11.4. The van der Waals surface area contributed by atoms with E-state index in [9.17, 15) is 51.4 Å². The van der Waals surface area contributed by atoms with Crippen LogP contribution in [-0.2, 0) is 20.0 Å². The van der Waals surface area contributed by atoms with Gasteiger partial charge in [0.1, 0.15) is 0 Å². The molecule has 6 aromatic carbocycles. The van der Waals surface area contributed by atoms with Crippen LogP contribution >= 0.6 is 0 Å². The van der Waals surface area contributed by atoms with E-state index in [2.05, 4.69) is 9.44 Å². The summed E-state index contributed by atoms with van der Waals surface area (Å²) in [5, 5.41) is 22.0. The Kier molecular flexibility index (Phi) is 12.3. The SMILES string of the molecule is O=C(/C=C/c1cccc([N+](=O)[O-])c1)c1ccc(NS(=O)(=O)c2cccc(C(=O)c3cccc(S(=O)(=O)Nc4ccc(C(=O)/C=C/c5cccc([N+](=O)[O-])c5)cc4)c3)c2)cc1. The summed E-state index contributed by atoms with van der Waals surface area (Å²) in [4.78, 5) is 59.3. The molecule has 0 fully saturated rings. The number of anilines is 2. The minimum Gasteiger partial charge on any atom is -0.289 e. The summed E-state index contributed by atoms with van der Waals surface area (Å²) >= 11 is 0. The Morgan fingerprint density at radius 1 is 0.467 bits per heavy atom. The van der Waals surface area contributed by atoms with Gasteiger partial charge in [-0.2, -0.15) is 0 Å². The second-order valence-electron chi connectivity index (χ2n) is 12.8. The smallest absolute Gasteiger partial charge is 0.270 e. The van der Waals surface area contributed by atoms with E-state index in [1.54, 1.807) is 12.1 Å². The monoisotopic (exact) mass is 842 g/mol. The highest BCUT2D eigenvalue weighted by Gasteiger charge is 2.21. The van der Waals surface area contributed by atoms with Crippen LogP contribution in [-0.4, -0.2) is 44.0 Å². The van der Waals surface area contributed by atoms with Crippen LogP contribution < -0.4 is 9.44 Å². The van der Waals surface area contributed by atoms with Gasteiger partial charge in [0.2, 0.25) is 0 Å². The molecule has 0 spiro atoms. The molecule has 0 aliphatic rings. The molecular formula is C43H30N4O11S2. The quantitative estimate of drug-likeness (QED) is 0.0409. The summed E-state index contributed by atoms with van der Waals surface area (Å²) in [6.07, 6.45) is 5.32. The van der Waals surface area contributed by atoms with Crippen molar-refractivity contribution in [2.24, 2.45) is 0 Å². The second kappa shape index (κ2) is 17.7. The van der Waals surface area contributed by atoms with Gasteiger partial charge in [0.05, 0.1) is 19.6 Å². The van der Waals surface area contributed by atoms with Gasteiger partial charge in [0.15, 0.2) is 17.3 Å². The van der Waals surface area contributed by atoms with E-state index in [-0.39, 0.29) is 54.8 Å². The fraction of sp³-hybridized carbons (Fsp3) is 0. The third-order valence-electron chi connectivity index (χ3n) is 8.67. The lowest BCUT2D eigenvalue weighted by Crippen LogP contribution is -2.15. The fourth-order valence-electron chi connectivity index (χ4n) is 5.63. The Morgan fingerprint density at radius 3 is 1.20 bits per heavy atom. The number of carbonyl (C=O) groups excluding carboxylic acids is 3. The fourth-order valence-corrected chi connectivity index (χ4v) is 7.84. The predicted octanol–water partition coefficient (Wildman–Crippen LogP) is 8.13. The maximum atomic E-state index is 13.5. The zero-order valence-corrected chi connectivity index (χ0v) is 32.5. The zero-order valence-electron chi connectivity index (χ0n) is 30.9. The Bertz CT molecular complexity index is 2760. The molecule has 0 aromatic heterocycles. The summed E-state index contributed by atoms with van der Waals surface area (Å²) in [6.45, 7) is 0. The molecule has 2 N–H and O–H groups in total. The number of non-ortho nitro benzene ring substituents is 2. The van der Waals surface area contributed by atoms with Gasteiger partial charge in [0, 0.05) is 57.9 Å². The maximum absolute atomic E-state index is 13.5. The number of ketones is 3. The van der Waals surface area contributed by atoms with E-state index in [0.717, 1.165) is 12.1 Å². The Morgan fingerprint density at radius 2 is 0.833 bits per heavy atom. The van der Waals surface area contributed by atoms with Gasteiger partial charge in [-0.25, -0.2) is 16.8 Å². The van der Waals surface area contributed by atoms with Crippen LogP contribution in [0.1, 0.15) is 47.8 Å². The van der Waals surface area contributed by atoms with Crippen molar-refractivity contribution in [3.05, 3.63) is 211 Å². The molecule has 6 aromatic rings. The topological polar surface area (TPSA) is 230 Å². The van der Waals surface area contributed by atoms with Gasteiger partial charge in [-0.3, -0.25) is 44.1 Å². The number of benzene rings is 6. The number of nitro benzene ring substituents is 2. The molecule has 0 atom stereocenters. The number of rotatable bonds is 16. The minimum atomic E-state index is -4.25. The summed E-state index contributed by atoms with van der Waals surface area (Å²) in [6, 6.07) is 32.8. The zero-order chi connectivity index (χ0) is 43.0. The number of carbonyl (C=O) groups is 3. The summed E-state index contributed by atoms with van der Waals surface area (Å²) in [5.41, 5.74) is 1.23. The van der Waals surface area contributed by atoms with Crippen molar-refractivity contribution in [2.75, 3.05) is 9.44 Å². The minimum absolute atomic E-state index is 0.0448. The van der Waals surface area contributed by atoms with Crippen molar-refractivity contribution in [3.63, 3.8) is 0 Å². The number of nitrogens with one attached hydrogen (secondary N) is 2. The van der Waals surface area contributed by atoms with Crippen molar-refractivity contribution < 1.29 is 41.1 Å². The molecule has 0 saturated heterocycles. The Labute approximate surface area is 342 Å². The van der Waals surface area contributed by atoms with E-state index < -0.39 is 47.2 Å². The van der Waals surface area contributed by atoms with Gasteiger partial charge >= 0.3 is 0 Å². The standard InChI is InChI=1S/C43H30N4O11S2/c48-41(23-13-29-5-1-9-37(25-29)46(51)52)31-15-19-35(20-16-31)44-59(55,56)39-11-3-7-33(27-39)43(50)34-8-4-12-40(28-34)60(57,58)45-36-21-17-32(18-22-36)42(49)24-14-30-6-2-10-38(26-30)47(53)54/h1-28,44-45H/b23-13+,24-14+. The lowest BCUT2D eigenvalue weighted by Gasteiger charge is -2.11. The van der Waals surface area contributed by atoms with Gasteiger partial charge in [-0.1, -0.05) is 60.7 Å². The van der Waals surface area contributed by atoms with Crippen molar-refractivity contribution >= 4 is 72.3 Å². The van der Waals surface area contributed by atoms with E-state index in [1.165, 1.54) is 146 Å². The largest absolute Gasteiger partial charge is 0.289 e. The summed E-state index contributed by atoms with van der Waals surface area (Å²) in [5.74, 6) is -1.51. The van der Waals surface area contributed by atoms with Gasteiger partial charge in [-0.05, 0) is 96.1 Å². The third kappa shape index (κ3) is 10.3. The molecule has 0 radical (unpaired) electrons. The number of sulfonamides is 2. The van der Waals surface area contributed by atoms with Crippen LogP contribution in [0.5, 0.6) is 0 Å². The predicted molar refractivity (Wildman–Crippen MR) is 224 cm³/mol. The van der Waals surface area contributed by atoms with E-state index >= 15 is 0 Å². The molecule has 0 unspecified atom stereocenters. The van der Waals surface area contributed by atoms with Crippen molar-refractivity contribution in [3.8, 4) is 0 Å². The average molecular weight is 843 g/mol. The molecule has 6 rings (SSSR count). The van der Waals surface area contributed by atoms with E-state index in [1.807, 2.05) is 0 Å². The Balaban J connectivity index is 1.09. The number of nitro groups is 2. The molecule has 0 saturated carbocycles. The molecule has 0 heterocycles. The highest BCUT2D eigenvalue weighted by atomic mass is 32.2. The molecule has 0 aliphatic heterocycles. The highest BCUT2D eigenvalue weighted by molar-refractivity contribution is 7.93. The number of allylic oxidation sites excluding steroid dienone is 2. The number of hydrogen-bond acceptors (Lipinski definition) is 11. The Hall–Kier alpha value is -7.89. The number of nitrogens with zero attached hydrogens (tertiary/aromatic N) is 2. The van der Waals surface area contributed by atoms with Crippen LogP contribution in [0.15, 0.2) is 168 Å².